The largest absolute Gasteiger partial charge is 0.508 e. The molecule has 0 heterocycles. The lowest BCUT2D eigenvalue weighted by Crippen LogP contribution is -2.01. The zero-order chi connectivity index (χ0) is 12.0. The van der Waals surface area contributed by atoms with Crippen LogP contribution in [0, 0.1) is 0 Å². The molecule has 86 valence electrons. The van der Waals surface area contributed by atoms with Gasteiger partial charge in [-0.25, -0.2) is 4.79 Å². The molecule has 0 fully saturated rings. The van der Waals surface area contributed by atoms with E-state index in [1.807, 2.05) is 18.2 Å². The molecular weight excluding hydrogens is 224 g/mol. The number of esters is 1. The van der Waals surface area contributed by atoms with Crippen molar-refractivity contribution >= 4 is 17.7 Å². The lowest BCUT2D eigenvalue weighted by atomic mass is 10.3. The highest BCUT2D eigenvalue weighted by Gasteiger charge is 2.01. The molecule has 1 aromatic carbocycles. The highest BCUT2D eigenvalue weighted by Crippen LogP contribution is 2.21. The average molecular weight is 238 g/mol. The van der Waals surface area contributed by atoms with Crippen molar-refractivity contribution in [2.45, 2.75) is 11.8 Å². The van der Waals surface area contributed by atoms with Crippen LogP contribution in [0.1, 0.15) is 6.92 Å². The van der Waals surface area contributed by atoms with Gasteiger partial charge in [0.05, 0.1) is 7.11 Å². The predicted molar refractivity (Wildman–Crippen MR) is 64.6 cm³/mol. The Bertz CT molecular complexity index is 382. The number of carbonyl (C=O) groups is 1. The summed E-state index contributed by atoms with van der Waals surface area (Å²) in [5.41, 5.74) is 0.605. The summed E-state index contributed by atoms with van der Waals surface area (Å²) in [6.07, 6.45) is 1.82. The van der Waals surface area contributed by atoms with Gasteiger partial charge in [-0.15, -0.1) is 11.8 Å². The van der Waals surface area contributed by atoms with Gasteiger partial charge in [0.1, 0.15) is 5.75 Å². The normalized spacial score (nSPS) is 11.2. The van der Waals surface area contributed by atoms with Crippen molar-refractivity contribution in [1.29, 1.82) is 0 Å². The van der Waals surface area contributed by atoms with Gasteiger partial charge < -0.3 is 9.84 Å². The first-order valence-electron chi connectivity index (χ1n) is 4.80. The maximum atomic E-state index is 11.1. The number of benzene rings is 1. The lowest BCUT2D eigenvalue weighted by molar-refractivity contribution is -0.136. The molecule has 0 unspecified atom stereocenters. The molecule has 3 nitrogen and oxygen atoms in total. The summed E-state index contributed by atoms with van der Waals surface area (Å²) in [5.74, 6) is 0.656. The SMILES string of the molecule is COC(=O)C(C)=CCSc1ccc(O)cc1. The molecule has 0 saturated heterocycles. The van der Waals surface area contributed by atoms with E-state index in [4.69, 9.17) is 5.11 Å². The van der Waals surface area contributed by atoms with Crippen molar-refractivity contribution < 1.29 is 14.6 Å². The van der Waals surface area contributed by atoms with Gasteiger partial charge in [-0.2, -0.15) is 0 Å². The minimum absolute atomic E-state index is 0.255. The van der Waals surface area contributed by atoms with Crippen LogP contribution in [-0.4, -0.2) is 23.9 Å². The molecule has 1 N–H and O–H groups in total. The minimum Gasteiger partial charge on any atom is -0.508 e. The van der Waals surface area contributed by atoms with E-state index >= 15 is 0 Å². The van der Waals surface area contributed by atoms with Crippen LogP contribution in [0.2, 0.25) is 0 Å². The van der Waals surface area contributed by atoms with Crippen LogP contribution >= 0.6 is 11.8 Å². The number of rotatable bonds is 4. The average Bonchev–Trinajstić information content (AvgIpc) is 2.30. The van der Waals surface area contributed by atoms with Crippen molar-refractivity contribution in [2.75, 3.05) is 12.9 Å². The van der Waals surface area contributed by atoms with E-state index in [0.717, 1.165) is 4.90 Å². The molecule has 0 aliphatic heterocycles. The molecule has 0 amide bonds. The fourth-order valence-corrected chi connectivity index (χ4v) is 1.90. The molecule has 0 aromatic heterocycles. The number of methoxy groups -OCH3 is 1. The van der Waals surface area contributed by atoms with Crippen LogP contribution < -0.4 is 0 Å². The molecule has 1 aromatic rings. The Morgan fingerprint density at radius 2 is 2.06 bits per heavy atom. The van der Waals surface area contributed by atoms with Crippen LogP contribution in [0.3, 0.4) is 0 Å². The molecule has 0 aliphatic carbocycles. The molecule has 0 aliphatic rings. The zero-order valence-corrected chi connectivity index (χ0v) is 10.1. The van der Waals surface area contributed by atoms with Gasteiger partial charge in [0.15, 0.2) is 0 Å². The molecule has 0 bridgehead atoms. The molecular formula is C12H14O3S. The Morgan fingerprint density at radius 1 is 1.44 bits per heavy atom. The van der Waals surface area contributed by atoms with E-state index in [1.165, 1.54) is 7.11 Å². The number of phenolic OH excluding ortho intramolecular Hbond substituents is 1. The number of ether oxygens (including phenoxy) is 1. The predicted octanol–water partition coefficient (Wildman–Crippen LogP) is 2.60. The number of phenols is 1. The van der Waals surface area contributed by atoms with Crippen molar-refractivity contribution in [1.82, 2.24) is 0 Å². The fraction of sp³-hybridized carbons (Fsp3) is 0.250. The third kappa shape index (κ3) is 3.98. The number of thioether (sulfide) groups is 1. The summed E-state index contributed by atoms with van der Waals surface area (Å²) in [6.45, 7) is 1.73. The van der Waals surface area contributed by atoms with E-state index in [2.05, 4.69) is 4.74 Å². The Balaban J connectivity index is 2.46. The minimum atomic E-state index is -0.300. The molecule has 16 heavy (non-hydrogen) atoms. The van der Waals surface area contributed by atoms with Crippen molar-refractivity contribution in [3.05, 3.63) is 35.9 Å². The van der Waals surface area contributed by atoms with Crippen LogP contribution in [0.4, 0.5) is 0 Å². The summed E-state index contributed by atoms with van der Waals surface area (Å²) >= 11 is 1.59. The van der Waals surface area contributed by atoms with Crippen molar-refractivity contribution in [3.63, 3.8) is 0 Å². The Labute approximate surface area is 99.1 Å². The third-order valence-corrected chi connectivity index (χ3v) is 2.92. The maximum absolute atomic E-state index is 11.1. The number of carbonyl (C=O) groups excluding carboxylic acids is 1. The number of hydrogen-bond acceptors (Lipinski definition) is 4. The highest BCUT2D eigenvalue weighted by atomic mass is 32.2. The second kappa shape index (κ2) is 6.23. The summed E-state index contributed by atoms with van der Waals surface area (Å²) < 4.78 is 4.58. The smallest absolute Gasteiger partial charge is 0.333 e. The molecule has 0 atom stereocenters. The van der Waals surface area contributed by atoms with E-state index in [9.17, 15) is 4.79 Å². The van der Waals surface area contributed by atoms with Gasteiger partial charge in [0.25, 0.3) is 0 Å². The summed E-state index contributed by atoms with van der Waals surface area (Å²) in [4.78, 5) is 12.1. The molecule has 1 rings (SSSR count). The van der Waals surface area contributed by atoms with Gasteiger partial charge in [-0.3, -0.25) is 0 Å². The van der Waals surface area contributed by atoms with E-state index in [-0.39, 0.29) is 11.7 Å². The topological polar surface area (TPSA) is 46.5 Å². The van der Waals surface area contributed by atoms with Gasteiger partial charge in [0, 0.05) is 16.2 Å². The summed E-state index contributed by atoms with van der Waals surface area (Å²) in [7, 11) is 1.37. The van der Waals surface area contributed by atoms with E-state index in [1.54, 1.807) is 30.8 Å². The van der Waals surface area contributed by atoms with Crippen LogP contribution in [0.5, 0.6) is 5.75 Å². The Hall–Kier alpha value is -1.42. The fourth-order valence-electron chi connectivity index (χ4n) is 1.05. The molecule has 4 heteroatoms. The van der Waals surface area contributed by atoms with Gasteiger partial charge in [-0.1, -0.05) is 6.08 Å². The quantitative estimate of drug-likeness (QED) is 0.497. The molecule has 0 radical (unpaired) electrons. The molecule has 0 spiro atoms. The highest BCUT2D eigenvalue weighted by molar-refractivity contribution is 7.99. The summed E-state index contributed by atoms with van der Waals surface area (Å²) in [5, 5.41) is 9.09. The van der Waals surface area contributed by atoms with Crippen LogP contribution in [0.25, 0.3) is 0 Å². The Morgan fingerprint density at radius 3 is 2.62 bits per heavy atom. The van der Waals surface area contributed by atoms with E-state index in [0.29, 0.717) is 11.3 Å². The summed E-state index contributed by atoms with van der Waals surface area (Å²) in [6, 6.07) is 6.95. The lowest BCUT2D eigenvalue weighted by Gasteiger charge is -2.00. The van der Waals surface area contributed by atoms with Gasteiger partial charge in [-0.05, 0) is 31.2 Å². The van der Waals surface area contributed by atoms with Gasteiger partial charge >= 0.3 is 5.97 Å². The monoisotopic (exact) mass is 238 g/mol. The second-order valence-corrected chi connectivity index (χ2v) is 4.28. The Kier molecular flexibility index (Phi) is 4.92. The van der Waals surface area contributed by atoms with Gasteiger partial charge in [0.2, 0.25) is 0 Å². The zero-order valence-electron chi connectivity index (χ0n) is 9.27. The number of hydrogen-bond donors (Lipinski definition) is 1. The van der Waals surface area contributed by atoms with Crippen LogP contribution in [0.15, 0.2) is 40.8 Å². The molecule has 0 saturated carbocycles. The van der Waals surface area contributed by atoms with Crippen LogP contribution in [-0.2, 0) is 9.53 Å². The van der Waals surface area contributed by atoms with Crippen molar-refractivity contribution in [3.8, 4) is 5.75 Å². The maximum Gasteiger partial charge on any atom is 0.333 e. The third-order valence-electron chi connectivity index (χ3n) is 1.98. The standard InChI is InChI=1S/C12H14O3S/c1-9(12(14)15-2)7-8-16-11-5-3-10(13)4-6-11/h3-7,13H,8H2,1-2H3. The second-order valence-electron chi connectivity index (χ2n) is 3.18. The number of aromatic hydroxyl groups is 1. The first-order chi connectivity index (χ1) is 7.63. The van der Waals surface area contributed by atoms with E-state index < -0.39 is 0 Å². The van der Waals surface area contributed by atoms with Crippen molar-refractivity contribution in [2.24, 2.45) is 0 Å². The first kappa shape index (κ1) is 12.6. The first-order valence-corrected chi connectivity index (χ1v) is 5.79.